The topological polar surface area (TPSA) is 61.3 Å². The minimum Gasteiger partial charge on any atom is -0.377 e. The second-order valence-corrected chi connectivity index (χ2v) is 3.85. The third-order valence-electron chi connectivity index (χ3n) is 2.54. The quantitative estimate of drug-likeness (QED) is 0.687. The van der Waals surface area contributed by atoms with Gasteiger partial charge in [0.2, 0.25) is 0 Å². The Labute approximate surface area is 95.6 Å². The van der Waals surface area contributed by atoms with Crippen LogP contribution in [0.5, 0.6) is 0 Å². The number of rotatable bonds is 7. The predicted octanol–water partition coefficient (Wildman–Crippen LogP) is 1.22. The highest BCUT2D eigenvalue weighted by molar-refractivity contribution is 5.13. The molecule has 0 bridgehead atoms. The number of benzene rings is 1. The van der Waals surface area contributed by atoms with Crippen LogP contribution in [0.3, 0.4) is 0 Å². The van der Waals surface area contributed by atoms with Gasteiger partial charge in [-0.3, -0.25) is 0 Å². The van der Waals surface area contributed by atoms with Crippen LogP contribution in [0.25, 0.3) is 0 Å². The maximum atomic E-state index is 13.6. The molecule has 0 atom stereocenters. The van der Waals surface area contributed by atoms with Crippen molar-refractivity contribution in [3.63, 3.8) is 0 Å². The van der Waals surface area contributed by atoms with Gasteiger partial charge in [-0.15, -0.1) is 0 Å². The molecule has 0 aromatic heterocycles. The smallest absolute Gasteiger partial charge is 0.137 e. The summed E-state index contributed by atoms with van der Waals surface area (Å²) in [6.07, 6.45) is 0.243. The third kappa shape index (κ3) is 4.26. The standard InChI is InChI=1S/C12H19FN2O/c13-12(9-14,10-15)6-7-16-8-11-4-2-1-3-5-11/h1-5H,6-10,14-15H2. The summed E-state index contributed by atoms with van der Waals surface area (Å²) in [7, 11) is 0. The number of nitrogens with two attached hydrogens (primary N) is 2. The molecule has 0 fully saturated rings. The first-order chi connectivity index (χ1) is 7.70. The Hall–Kier alpha value is -0.970. The Morgan fingerprint density at radius 2 is 1.75 bits per heavy atom. The van der Waals surface area contributed by atoms with Crippen molar-refractivity contribution in [1.29, 1.82) is 0 Å². The fourth-order valence-electron chi connectivity index (χ4n) is 1.31. The van der Waals surface area contributed by atoms with Crippen LogP contribution in [-0.4, -0.2) is 25.4 Å². The zero-order chi connectivity index (χ0) is 11.9. The molecular formula is C12H19FN2O. The van der Waals surface area contributed by atoms with Gasteiger partial charge < -0.3 is 16.2 Å². The zero-order valence-electron chi connectivity index (χ0n) is 9.36. The van der Waals surface area contributed by atoms with E-state index in [1.165, 1.54) is 0 Å². The van der Waals surface area contributed by atoms with Gasteiger partial charge in [0.25, 0.3) is 0 Å². The minimum atomic E-state index is -1.49. The van der Waals surface area contributed by atoms with E-state index in [0.29, 0.717) is 13.2 Å². The molecule has 0 aliphatic rings. The number of hydrogen-bond donors (Lipinski definition) is 2. The monoisotopic (exact) mass is 226 g/mol. The Kier molecular flexibility index (Phi) is 5.38. The highest BCUT2D eigenvalue weighted by Crippen LogP contribution is 2.13. The number of ether oxygens (including phenoxy) is 1. The van der Waals surface area contributed by atoms with E-state index in [9.17, 15) is 4.39 Å². The fourth-order valence-corrected chi connectivity index (χ4v) is 1.31. The van der Waals surface area contributed by atoms with E-state index in [4.69, 9.17) is 16.2 Å². The molecule has 0 heterocycles. The molecule has 0 amide bonds. The molecule has 0 spiro atoms. The second kappa shape index (κ2) is 6.58. The molecule has 1 aromatic rings. The molecule has 90 valence electrons. The van der Waals surface area contributed by atoms with Gasteiger partial charge in [-0.2, -0.15) is 0 Å². The molecule has 16 heavy (non-hydrogen) atoms. The maximum absolute atomic E-state index is 13.6. The highest BCUT2D eigenvalue weighted by atomic mass is 19.1. The summed E-state index contributed by atoms with van der Waals surface area (Å²) in [6.45, 7) is 0.711. The molecule has 0 saturated carbocycles. The van der Waals surface area contributed by atoms with E-state index >= 15 is 0 Å². The lowest BCUT2D eigenvalue weighted by molar-refractivity contribution is 0.0675. The first-order valence-electron chi connectivity index (χ1n) is 5.41. The van der Waals surface area contributed by atoms with Crippen LogP contribution in [0.15, 0.2) is 30.3 Å². The molecule has 0 radical (unpaired) electrons. The molecule has 0 aliphatic heterocycles. The van der Waals surface area contributed by atoms with Crippen LogP contribution in [-0.2, 0) is 11.3 Å². The Balaban J connectivity index is 2.22. The van der Waals surface area contributed by atoms with E-state index in [1.807, 2.05) is 30.3 Å². The van der Waals surface area contributed by atoms with Crippen molar-refractivity contribution < 1.29 is 9.13 Å². The van der Waals surface area contributed by atoms with Crippen LogP contribution < -0.4 is 11.5 Å². The normalized spacial score (nSPS) is 11.7. The molecule has 1 aromatic carbocycles. The first-order valence-corrected chi connectivity index (χ1v) is 5.41. The lowest BCUT2D eigenvalue weighted by atomic mass is 10.0. The highest BCUT2D eigenvalue weighted by Gasteiger charge is 2.25. The van der Waals surface area contributed by atoms with Gasteiger partial charge in [0.15, 0.2) is 0 Å². The van der Waals surface area contributed by atoms with E-state index < -0.39 is 5.67 Å². The third-order valence-corrected chi connectivity index (χ3v) is 2.54. The second-order valence-electron chi connectivity index (χ2n) is 3.85. The lowest BCUT2D eigenvalue weighted by Crippen LogP contribution is -2.41. The van der Waals surface area contributed by atoms with Crippen molar-refractivity contribution in [1.82, 2.24) is 0 Å². The Bertz CT molecular complexity index is 288. The average molecular weight is 226 g/mol. The summed E-state index contributed by atoms with van der Waals surface area (Å²) in [5.41, 5.74) is 10.2. The number of halogens is 1. The SMILES string of the molecule is NCC(F)(CN)CCOCc1ccccc1. The van der Waals surface area contributed by atoms with Crippen molar-refractivity contribution in [2.75, 3.05) is 19.7 Å². The summed E-state index contributed by atoms with van der Waals surface area (Å²) in [5.74, 6) is 0. The van der Waals surface area contributed by atoms with Gasteiger partial charge in [0.1, 0.15) is 5.67 Å². The Morgan fingerprint density at radius 3 is 2.31 bits per heavy atom. The Morgan fingerprint density at radius 1 is 1.12 bits per heavy atom. The summed E-state index contributed by atoms with van der Waals surface area (Å²) in [5, 5.41) is 0. The van der Waals surface area contributed by atoms with Crippen molar-refractivity contribution in [3.8, 4) is 0 Å². The molecular weight excluding hydrogens is 207 g/mol. The van der Waals surface area contributed by atoms with Gasteiger partial charge in [0, 0.05) is 19.5 Å². The zero-order valence-corrected chi connectivity index (χ0v) is 9.36. The molecule has 1 rings (SSSR count). The largest absolute Gasteiger partial charge is 0.377 e. The predicted molar refractivity (Wildman–Crippen MR) is 62.7 cm³/mol. The summed E-state index contributed by atoms with van der Waals surface area (Å²) in [6, 6.07) is 9.76. The first kappa shape index (κ1) is 13.1. The van der Waals surface area contributed by atoms with Gasteiger partial charge >= 0.3 is 0 Å². The summed E-state index contributed by atoms with van der Waals surface area (Å²) in [4.78, 5) is 0. The van der Waals surface area contributed by atoms with E-state index in [2.05, 4.69) is 0 Å². The summed E-state index contributed by atoms with van der Waals surface area (Å²) >= 11 is 0. The van der Waals surface area contributed by atoms with Crippen LogP contribution in [0, 0.1) is 0 Å². The van der Waals surface area contributed by atoms with Crippen molar-refractivity contribution >= 4 is 0 Å². The van der Waals surface area contributed by atoms with Crippen LogP contribution >= 0.6 is 0 Å². The van der Waals surface area contributed by atoms with Gasteiger partial charge in [-0.25, -0.2) is 4.39 Å². The molecule has 3 nitrogen and oxygen atoms in total. The van der Waals surface area contributed by atoms with Crippen LogP contribution in [0.1, 0.15) is 12.0 Å². The van der Waals surface area contributed by atoms with Crippen LogP contribution in [0.4, 0.5) is 4.39 Å². The van der Waals surface area contributed by atoms with Gasteiger partial charge in [-0.05, 0) is 5.56 Å². The number of hydrogen-bond acceptors (Lipinski definition) is 3. The summed E-state index contributed by atoms with van der Waals surface area (Å²) < 4.78 is 19.0. The van der Waals surface area contributed by atoms with Crippen molar-refractivity contribution in [2.24, 2.45) is 11.5 Å². The van der Waals surface area contributed by atoms with Gasteiger partial charge in [0.05, 0.1) is 13.2 Å². The fraction of sp³-hybridized carbons (Fsp3) is 0.500. The van der Waals surface area contributed by atoms with E-state index in [0.717, 1.165) is 5.56 Å². The molecule has 0 aliphatic carbocycles. The molecule has 4 N–H and O–H groups in total. The van der Waals surface area contributed by atoms with Crippen LogP contribution in [0.2, 0.25) is 0 Å². The average Bonchev–Trinajstić information content (AvgIpc) is 2.36. The van der Waals surface area contributed by atoms with Crippen molar-refractivity contribution in [2.45, 2.75) is 18.7 Å². The van der Waals surface area contributed by atoms with E-state index in [-0.39, 0.29) is 19.5 Å². The lowest BCUT2D eigenvalue weighted by Gasteiger charge is -2.21. The molecule has 4 heteroatoms. The molecule has 0 saturated heterocycles. The van der Waals surface area contributed by atoms with E-state index in [1.54, 1.807) is 0 Å². The van der Waals surface area contributed by atoms with Gasteiger partial charge in [-0.1, -0.05) is 30.3 Å². The minimum absolute atomic E-state index is 0.0573. The maximum Gasteiger partial charge on any atom is 0.137 e. The van der Waals surface area contributed by atoms with Crippen molar-refractivity contribution in [3.05, 3.63) is 35.9 Å². The molecule has 0 unspecified atom stereocenters. The number of alkyl halides is 1.